The Morgan fingerprint density at radius 3 is 2.62 bits per heavy atom. The molecule has 0 radical (unpaired) electrons. The highest BCUT2D eigenvalue weighted by Crippen LogP contribution is 2.25. The van der Waals surface area contributed by atoms with Crippen molar-refractivity contribution in [3.63, 3.8) is 0 Å². The van der Waals surface area contributed by atoms with Crippen LogP contribution in [0.4, 0.5) is 11.5 Å². The van der Waals surface area contributed by atoms with Gasteiger partial charge >= 0.3 is 0 Å². The topological polar surface area (TPSA) is 80.5 Å². The van der Waals surface area contributed by atoms with E-state index in [1.807, 2.05) is 27.7 Å². The van der Waals surface area contributed by atoms with E-state index in [0.29, 0.717) is 23.9 Å². The van der Waals surface area contributed by atoms with Gasteiger partial charge in [-0.15, -0.1) is 0 Å². The Morgan fingerprint density at radius 2 is 2.10 bits per heavy atom. The average molecular weight is 294 g/mol. The number of amides is 1. The number of nitrogens with zero attached hydrogens (tertiary/aromatic N) is 2. The van der Waals surface area contributed by atoms with Gasteiger partial charge in [0, 0.05) is 13.6 Å². The molecule has 0 bridgehead atoms. The molecule has 0 spiro atoms. The Bertz CT molecular complexity index is 497. The van der Waals surface area contributed by atoms with Crippen LogP contribution in [0.3, 0.4) is 0 Å². The Morgan fingerprint density at radius 1 is 1.48 bits per heavy atom. The highest BCUT2D eigenvalue weighted by atomic mass is 16.5. The van der Waals surface area contributed by atoms with Crippen molar-refractivity contribution in [3.05, 3.63) is 12.1 Å². The van der Waals surface area contributed by atoms with Crippen LogP contribution in [0.2, 0.25) is 0 Å². The number of hydrogen-bond donors (Lipinski definition) is 2. The molecule has 1 aromatic heterocycles. The second-order valence-electron chi connectivity index (χ2n) is 6.02. The van der Waals surface area contributed by atoms with Crippen molar-refractivity contribution in [2.75, 3.05) is 24.6 Å². The molecule has 1 heterocycles. The lowest BCUT2D eigenvalue weighted by molar-refractivity contribution is -0.130. The lowest BCUT2D eigenvalue weighted by Gasteiger charge is -2.23. The number of pyridine rings is 1. The summed E-state index contributed by atoms with van der Waals surface area (Å²) in [4.78, 5) is 18.0. The number of nitrogens with two attached hydrogens (primary N) is 1. The minimum absolute atomic E-state index is 0.00872. The third-order valence-electron chi connectivity index (χ3n) is 2.88. The number of hydrogen-bond acceptors (Lipinski definition) is 5. The van der Waals surface area contributed by atoms with Gasteiger partial charge in [-0.05, 0) is 46.8 Å². The quantitative estimate of drug-likeness (QED) is 0.869. The van der Waals surface area contributed by atoms with E-state index in [2.05, 4.69) is 10.3 Å². The second-order valence-corrected chi connectivity index (χ2v) is 6.02. The lowest BCUT2D eigenvalue weighted by atomic mass is 10.2. The van der Waals surface area contributed by atoms with Gasteiger partial charge in [0.15, 0.2) is 0 Å². The van der Waals surface area contributed by atoms with Crippen molar-refractivity contribution >= 4 is 17.4 Å². The molecule has 6 nitrogen and oxygen atoms in total. The molecule has 0 fully saturated rings. The molecule has 0 aromatic carbocycles. The summed E-state index contributed by atoms with van der Waals surface area (Å²) in [6.07, 6.45) is 0. The molecule has 118 valence electrons. The number of ether oxygens (including phenoxy) is 1. The molecule has 1 rings (SSSR count). The maximum atomic E-state index is 12.0. The van der Waals surface area contributed by atoms with Gasteiger partial charge in [0.05, 0.1) is 5.69 Å². The summed E-state index contributed by atoms with van der Waals surface area (Å²) < 4.78 is 5.71. The van der Waals surface area contributed by atoms with Crippen LogP contribution in [-0.4, -0.2) is 41.0 Å². The van der Waals surface area contributed by atoms with Crippen molar-refractivity contribution in [2.45, 2.75) is 46.3 Å². The van der Waals surface area contributed by atoms with Crippen LogP contribution in [0.1, 0.15) is 34.6 Å². The maximum Gasteiger partial charge on any atom is 0.244 e. The zero-order chi connectivity index (χ0) is 16.2. The van der Waals surface area contributed by atoms with Crippen molar-refractivity contribution < 1.29 is 9.53 Å². The maximum absolute atomic E-state index is 12.0. The Hall–Kier alpha value is -1.98. The zero-order valence-corrected chi connectivity index (χ0v) is 13.7. The van der Waals surface area contributed by atoms with E-state index in [1.54, 1.807) is 31.0 Å². The van der Waals surface area contributed by atoms with Crippen LogP contribution >= 0.6 is 0 Å². The Labute approximate surface area is 126 Å². The average Bonchev–Trinajstić information content (AvgIpc) is 2.39. The fraction of sp³-hybridized carbons (Fsp3) is 0.600. The second kappa shape index (κ2) is 6.65. The van der Waals surface area contributed by atoms with E-state index >= 15 is 0 Å². The van der Waals surface area contributed by atoms with Gasteiger partial charge in [-0.25, -0.2) is 0 Å². The molecule has 3 N–H and O–H groups in total. The fourth-order valence-electron chi connectivity index (χ4n) is 1.67. The van der Waals surface area contributed by atoms with Gasteiger partial charge in [-0.1, -0.05) is 0 Å². The number of rotatable bonds is 5. The van der Waals surface area contributed by atoms with Gasteiger partial charge in [0.1, 0.15) is 17.5 Å². The van der Waals surface area contributed by atoms with E-state index in [1.165, 1.54) is 0 Å². The summed E-state index contributed by atoms with van der Waals surface area (Å²) >= 11 is 0. The van der Waals surface area contributed by atoms with E-state index in [9.17, 15) is 4.79 Å². The third-order valence-corrected chi connectivity index (χ3v) is 2.88. The molecule has 0 aliphatic rings. The fourth-order valence-corrected chi connectivity index (χ4v) is 1.67. The normalized spacial score (nSPS) is 12.7. The summed E-state index contributed by atoms with van der Waals surface area (Å²) in [5.41, 5.74) is 5.95. The predicted octanol–water partition coefficient (Wildman–Crippen LogP) is 2.12. The van der Waals surface area contributed by atoms with Crippen LogP contribution in [0.25, 0.3) is 0 Å². The van der Waals surface area contributed by atoms with Crippen LogP contribution in [0.5, 0.6) is 5.88 Å². The highest BCUT2D eigenvalue weighted by Gasteiger charge is 2.19. The summed E-state index contributed by atoms with van der Waals surface area (Å²) in [6.45, 7) is 10.2. The first-order chi connectivity index (χ1) is 9.64. The van der Waals surface area contributed by atoms with Gasteiger partial charge in [-0.3, -0.25) is 4.79 Å². The standard InChI is InChI=1S/C15H26N4O2/c1-7-19(6)14(20)10(2)17-12-9-8-11(16)13(18-12)21-15(3,4)5/h8-10H,7,16H2,1-6H3,(H,17,18). The summed E-state index contributed by atoms with van der Waals surface area (Å²) in [5, 5.41) is 3.07. The number of carbonyl (C=O) groups excluding carboxylic acids is 1. The van der Waals surface area contributed by atoms with Crippen LogP contribution < -0.4 is 15.8 Å². The molecule has 0 aliphatic heterocycles. The van der Waals surface area contributed by atoms with E-state index in [4.69, 9.17) is 10.5 Å². The van der Waals surface area contributed by atoms with Gasteiger partial charge in [0.25, 0.3) is 0 Å². The van der Waals surface area contributed by atoms with Gasteiger partial charge < -0.3 is 20.7 Å². The predicted molar refractivity (Wildman–Crippen MR) is 85.4 cm³/mol. The van der Waals surface area contributed by atoms with Crippen LogP contribution in [0, 0.1) is 0 Å². The number of nitrogens with one attached hydrogen (secondary N) is 1. The van der Waals surface area contributed by atoms with E-state index in [-0.39, 0.29) is 17.6 Å². The van der Waals surface area contributed by atoms with Crippen LogP contribution in [0.15, 0.2) is 12.1 Å². The minimum atomic E-state index is -0.385. The molecule has 1 amide bonds. The van der Waals surface area contributed by atoms with Crippen molar-refractivity contribution in [1.29, 1.82) is 0 Å². The molecule has 21 heavy (non-hydrogen) atoms. The molecule has 0 aliphatic carbocycles. The number of anilines is 2. The smallest absolute Gasteiger partial charge is 0.244 e. The third kappa shape index (κ3) is 5.13. The van der Waals surface area contributed by atoms with Gasteiger partial charge in [-0.2, -0.15) is 4.98 Å². The number of likely N-dealkylation sites (N-methyl/N-ethyl adjacent to an activating group) is 1. The molecule has 1 aromatic rings. The first kappa shape index (κ1) is 17.1. The first-order valence-corrected chi connectivity index (χ1v) is 7.11. The SMILES string of the molecule is CCN(C)C(=O)C(C)Nc1ccc(N)c(OC(C)(C)C)n1. The Kier molecular flexibility index (Phi) is 5.41. The molecule has 1 atom stereocenters. The summed E-state index contributed by atoms with van der Waals surface area (Å²) in [6, 6.07) is 3.09. The zero-order valence-electron chi connectivity index (χ0n) is 13.7. The monoisotopic (exact) mass is 294 g/mol. The highest BCUT2D eigenvalue weighted by molar-refractivity contribution is 5.83. The molecule has 1 unspecified atom stereocenters. The first-order valence-electron chi connectivity index (χ1n) is 7.11. The largest absolute Gasteiger partial charge is 0.470 e. The number of aromatic nitrogens is 1. The molecular weight excluding hydrogens is 268 g/mol. The van der Waals surface area contributed by atoms with Crippen molar-refractivity contribution in [2.24, 2.45) is 0 Å². The van der Waals surface area contributed by atoms with Crippen molar-refractivity contribution in [3.8, 4) is 5.88 Å². The van der Waals surface area contributed by atoms with Crippen LogP contribution in [-0.2, 0) is 4.79 Å². The van der Waals surface area contributed by atoms with E-state index in [0.717, 1.165) is 0 Å². The minimum Gasteiger partial charge on any atom is -0.470 e. The summed E-state index contributed by atoms with van der Waals surface area (Å²) in [7, 11) is 1.77. The Balaban J connectivity index is 2.85. The number of nitrogen functional groups attached to an aromatic ring is 1. The number of carbonyl (C=O) groups is 1. The molecular formula is C15H26N4O2. The molecule has 0 saturated heterocycles. The molecule has 0 saturated carbocycles. The molecule has 6 heteroatoms. The summed E-state index contributed by atoms with van der Waals surface area (Å²) in [5.74, 6) is 0.944. The lowest BCUT2D eigenvalue weighted by Crippen LogP contribution is -2.39. The van der Waals surface area contributed by atoms with E-state index < -0.39 is 0 Å². The van der Waals surface area contributed by atoms with Crippen molar-refractivity contribution in [1.82, 2.24) is 9.88 Å². The van der Waals surface area contributed by atoms with Gasteiger partial charge in [0.2, 0.25) is 11.8 Å².